The van der Waals surface area contributed by atoms with E-state index in [1.165, 1.54) is 11.1 Å². The average Bonchev–Trinajstić information content (AvgIpc) is 2.45. The molecule has 0 saturated heterocycles. The number of allylic oxidation sites excluding steroid dienone is 1. The largest absolute Gasteiger partial charge is 0.461 e. The quantitative estimate of drug-likeness (QED) is 0.528. The minimum Gasteiger partial charge on any atom is -0.461 e. The zero-order valence-electron chi connectivity index (χ0n) is 13.1. The van der Waals surface area contributed by atoms with E-state index in [0.29, 0.717) is 18.9 Å². The third-order valence-corrected chi connectivity index (χ3v) is 3.49. The lowest BCUT2D eigenvalue weighted by atomic mass is 9.95. The van der Waals surface area contributed by atoms with Gasteiger partial charge in [0.25, 0.3) is 0 Å². The van der Waals surface area contributed by atoms with Crippen LogP contribution in [0, 0.1) is 6.92 Å². The summed E-state index contributed by atoms with van der Waals surface area (Å²) >= 11 is 0. The molecule has 1 aromatic carbocycles. The molecule has 110 valence electrons. The molecule has 2 heteroatoms. The van der Waals surface area contributed by atoms with Gasteiger partial charge in [-0.15, -0.1) is 0 Å². The predicted molar refractivity (Wildman–Crippen MR) is 83.8 cm³/mol. The van der Waals surface area contributed by atoms with Crippen LogP contribution in [0.4, 0.5) is 0 Å². The SMILES string of the molecule is CCC(=O)OC/C(C)=C\CCC(C)c1ccc(C)cc1. The summed E-state index contributed by atoms with van der Waals surface area (Å²) in [7, 11) is 0. The van der Waals surface area contributed by atoms with Crippen molar-refractivity contribution >= 4 is 5.97 Å². The van der Waals surface area contributed by atoms with E-state index in [1.54, 1.807) is 0 Å². The van der Waals surface area contributed by atoms with E-state index in [-0.39, 0.29) is 5.97 Å². The van der Waals surface area contributed by atoms with Crippen LogP contribution in [0.2, 0.25) is 0 Å². The zero-order chi connectivity index (χ0) is 15.0. The fourth-order valence-electron chi connectivity index (χ4n) is 2.00. The molecule has 1 atom stereocenters. The summed E-state index contributed by atoms with van der Waals surface area (Å²) in [5.41, 5.74) is 3.82. The van der Waals surface area contributed by atoms with Crippen LogP contribution in [0.5, 0.6) is 0 Å². The van der Waals surface area contributed by atoms with Crippen LogP contribution in [-0.4, -0.2) is 12.6 Å². The highest BCUT2D eigenvalue weighted by molar-refractivity contribution is 5.69. The number of hydrogen-bond donors (Lipinski definition) is 0. The van der Waals surface area contributed by atoms with Gasteiger partial charge in [0, 0.05) is 6.42 Å². The molecule has 0 aliphatic rings. The summed E-state index contributed by atoms with van der Waals surface area (Å²) < 4.78 is 5.10. The number of esters is 1. The lowest BCUT2D eigenvalue weighted by Gasteiger charge is -2.11. The van der Waals surface area contributed by atoms with Crippen LogP contribution in [-0.2, 0) is 9.53 Å². The molecule has 0 bridgehead atoms. The lowest BCUT2D eigenvalue weighted by Crippen LogP contribution is -2.04. The highest BCUT2D eigenvalue weighted by Crippen LogP contribution is 2.21. The molecule has 1 aromatic rings. The molecule has 0 heterocycles. The standard InChI is InChI=1S/C18H26O2/c1-5-18(19)20-13-15(3)7-6-8-16(4)17-11-9-14(2)10-12-17/h7,9-12,16H,5-6,8,13H2,1-4H3/b15-7-. The van der Waals surface area contributed by atoms with E-state index >= 15 is 0 Å². The minimum atomic E-state index is -0.134. The molecule has 20 heavy (non-hydrogen) atoms. The Bertz CT molecular complexity index is 443. The number of rotatable bonds is 7. The van der Waals surface area contributed by atoms with E-state index < -0.39 is 0 Å². The van der Waals surface area contributed by atoms with Crippen molar-refractivity contribution in [1.29, 1.82) is 0 Å². The van der Waals surface area contributed by atoms with Crippen molar-refractivity contribution in [1.82, 2.24) is 0 Å². The fourth-order valence-corrected chi connectivity index (χ4v) is 2.00. The molecular formula is C18H26O2. The van der Waals surface area contributed by atoms with Gasteiger partial charge in [-0.05, 0) is 43.7 Å². The molecule has 2 nitrogen and oxygen atoms in total. The van der Waals surface area contributed by atoms with Crippen molar-refractivity contribution < 1.29 is 9.53 Å². The molecule has 1 unspecified atom stereocenters. The zero-order valence-corrected chi connectivity index (χ0v) is 13.1. The molecule has 0 aliphatic carbocycles. The third kappa shape index (κ3) is 6.05. The van der Waals surface area contributed by atoms with Gasteiger partial charge in [-0.1, -0.05) is 49.8 Å². The van der Waals surface area contributed by atoms with E-state index in [1.807, 2.05) is 13.8 Å². The van der Waals surface area contributed by atoms with Gasteiger partial charge in [-0.2, -0.15) is 0 Å². The Morgan fingerprint density at radius 2 is 1.95 bits per heavy atom. The second-order valence-electron chi connectivity index (χ2n) is 5.45. The molecule has 1 rings (SSSR count). The molecule has 0 fully saturated rings. The summed E-state index contributed by atoms with van der Waals surface area (Å²) in [5.74, 6) is 0.420. The maximum atomic E-state index is 11.1. The van der Waals surface area contributed by atoms with Crippen molar-refractivity contribution in [3.05, 3.63) is 47.0 Å². The Morgan fingerprint density at radius 3 is 2.55 bits per heavy atom. The highest BCUT2D eigenvalue weighted by atomic mass is 16.5. The molecule has 0 aromatic heterocycles. The third-order valence-electron chi connectivity index (χ3n) is 3.49. The monoisotopic (exact) mass is 274 g/mol. The first-order valence-electron chi connectivity index (χ1n) is 7.40. The van der Waals surface area contributed by atoms with E-state index in [4.69, 9.17) is 4.74 Å². The van der Waals surface area contributed by atoms with Gasteiger partial charge in [-0.3, -0.25) is 4.79 Å². The van der Waals surface area contributed by atoms with Gasteiger partial charge in [-0.25, -0.2) is 0 Å². The number of carbonyl (C=O) groups excluding carboxylic acids is 1. The summed E-state index contributed by atoms with van der Waals surface area (Å²) in [4.78, 5) is 11.1. The van der Waals surface area contributed by atoms with Crippen molar-refractivity contribution in [2.45, 2.75) is 52.9 Å². The Balaban J connectivity index is 2.35. The summed E-state index contributed by atoms with van der Waals surface area (Å²) in [6, 6.07) is 8.74. The summed E-state index contributed by atoms with van der Waals surface area (Å²) in [6.07, 6.45) is 4.75. The maximum absolute atomic E-state index is 11.1. The van der Waals surface area contributed by atoms with Gasteiger partial charge in [0.2, 0.25) is 0 Å². The second kappa shape index (κ2) is 8.57. The molecule has 0 aliphatic heterocycles. The fraction of sp³-hybridized carbons (Fsp3) is 0.500. The van der Waals surface area contributed by atoms with Crippen LogP contribution < -0.4 is 0 Å². The van der Waals surface area contributed by atoms with Crippen molar-refractivity contribution in [3.63, 3.8) is 0 Å². The number of carbonyl (C=O) groups is 1. The van der Waals surface area contributed by atoms with Gasteiger partial charge in [0.15, 0.2) is 0 Å². The van der Waals surface area contributed by atoms with Crippen LogP contribution in [0.15, 0.2) is 35.9 Å². The molecule has 0 N–H and O–H groups in total. The van der Waals surface area contributed by atoms with Crippen molar-refractivity contribution in [2.75, 3.05) is 6.61 Å². The van der Waals surface area contributed by atoms with Gasteiger partial charge in [0.05, 0.1) is 0 Å². The van der Waals surface area contributed by atoms with Crippen molar-refractivity contribution in [3.8, 4) is 0 Å². The first-order valence-corrected chi connectivity index (χ1v) is 7.40. The van der Waals surface area contributed by atoms with Crippen LogP contribution in [0.25, 0.3) is 0 Å². The smallest absolute Gasteiger partial charge is 0.305 e. The second-order valence-corrected chi connectivity index (χ2v) is 5.45. The van der Waals surface area contributed by atoms with Gasteiger partial charge < -0.3 is 4.74 Å². The van der Waals surface area contributed by atoms with Gasteiger partial charge in [0.1, 0.15) is 6.61 Å². The lowest BCUT2D eigenvalue weighted by molar-refractivity contribution is -0.142. The minimum absolute atomic E-state index is 0.134. The first-order chi connectivity index (χ1) is 9.52. The summed E-state index contributed by atoms with van der Waals surface area (Å²) in [5, 5.41) is 0. The van der Waals surface area contributed by atoms with Crippen LogP contribution in [0.1, 0.15) is 57.1 Å². The first kappa shape index (κ1) is 16.5. The number of aryl methyl sites for hydroxylation is 1. The van der Waals surface area contributed by atoms with E-state index in [2.05, 4.69) is 44.2 Å². The highest BCUT2D eigenvalue weighted by Gasteiger charge is 2.04. The Labute approximate surface area is 122 Å². The normalized spacial score (nSPS) is 13.1. The summed E-state index contributed by atoms with van der Waals surface area (Å²) in [6.45, 7) is 8.61. The van der Waals surface area contributed by atoms with Crippen LogP contribution in [0.3, 0.4) is 0 Å². The van der Waals surface area contributed by atoms with Crippen molar-refractivity contribution in [2.24, 2.45) is 0 Å². The van der Waals surface area contributed by atoms with Gasteiger partial charge >= 0.3 is 5.97 Å². The predicted octanol–water partition coefficient (Wildman–Crippen LogP) is 4.78. The molecule has 0 spiro atoms. The Hall–Kier alpha value is -1.57. The number of hydrogen-bond acceptors (Lipinski definition) is 2. The average molecular weight is 274 g/mol. The molecular weight excluding hydrogens is 248 g/mol. The molecule has 0 radical (unpaired) electrons. The van der Waals surface area contributed by atoms with E-state index in [9.17, 15) is 4.79 Å². The number of benzene rings is 1. The maximum Gasteiger partial charge on any atom is 0.305 e. The van der Waals surface area contributed by atoms with Crippen LogP contribution >= 0.6 is 0 Å². The molecule has 0 saturated carbocycles. The number of ether oxygens (including phenoxy) is 1. The Kier molecular flexibility index (Phi) is 7.06. The Morgan fingerprint density at radius 1 is 1.30 bits per heavy atom. The topological polar surface area (TPSA) is 26.3 Å². The van der Waals surface area contributed by atoms with E-state index in [0.717, 1.165) is 18.4 Å². The molecule has 0 amide bonds.